The van der Waals surface area contributed by atoms with Crippen molar-refractivity contribution in [2.75, 3.05) is 6.54 Å². The van der Waals surface area contributed by atoms with E-state index in [-0.39, 0.29) is 24.2 Å². The van der Waals surface area contributed by atoms with E-state index in [2.05, 4.69) is 10.4 Å². The molecule has 3 N–H and O–H groups in total. The van der Waals surface area contributed by atoms with Crippen LogP contribution in [0.2, 0.25) is 0 Å². The van der Waals surface area contributed by atoms with Gasteiger partial charge in [0.05, 0.1) is 4.92 Å². The second-order valence-electron chi connectivity index (χ2n) is 4.78. The quantitative estimate of drug-likeness (QED) is 0.544. The third-order valence-electron chi connectivity index (χ3n) is 2.54. The topological polar surface area (TPSA) is 116 Å². The lowest BCUT2D eigenvalue weighted by Crippen LogP contribution is -2.42. The minimum Gasteiger partial charge on any atom is -0.350 e. The molecule has 1 aromatic rings. The number of carbonyl (C=O) groups excluding carboxylic acids is 1. The Morgan fingerprint density at radius 2 is 2.32 bits per heavy atom. The van der Waals surface area contributed by atoms with Crippen LogP contribution in [0.25, 0.3) is 0 Å². The second kappa shape index (κ2) is 6.83. The number of amides is 1. The molecular weight excluding hydrogens is 250 g/mol. The molecule has 1 unspecified atom stereocenters. The highest BCUT2D eigenvalue weighted by Gasteiger charge is 2.14. The molecule has 1 rings (SSSR count). The largest absolute Gasteiger partial charge is 0.350 e. The van der Waals surface area contributed by atoms with Crippen LogP contribution in [0.1, 0.15) is 20.3 Å². The predicted molar refractivity (Wildman–Crippen MR) is 69.3 cm³/mol. The minimum atomic E-state index is -0.553. The van der Waals surface area contributed by atoms with Gasteiger partial charge in [0.15, 0.2) is 0 Å². The van der Waals surface area contributed by atoms with Crippen LogP contribution in [0.4, 0.5) is 5.69 Å². The highest BCUT2D eigenvalue weighted by molar-refractivity contribution is 5.76. The lowest BCUT2D eigenvalue weighted by atomic mass is 10.0. The number of hydrogen-bond donors (Lipinski definition) is 2. The van der Waals surface area contributed by atoms with Gasteiger partial charge in [0.25, 0.3) is 0 Å². The van der Waals surface area contributed by atoms with Gasteiger partial charge in [-0.1, -0.05) is 13.8 Å². The van der Waals surface area contributed by atoms with Crippen molar-refractivity contribution in [3.8, 4) is 0 Å². The molecular formula is C11H19N5O3. The molecule has 0 saturated heterocycles. The summed E-state index contributed by atoms with van der Waals surface area (Å²) >= 11 is 0. The first-order valence-electron chi connectivity index (χ1n) is 6.08. The summed E-state index contributed by atoms with van der Waals surface area (Å²) in [7, 11) is 0. The summed E-state index contributed by atoms with van der Waals surface area (Å²) in [5.74, 6) is 0.175. The van der Waals surface area contributed by atoms with Gasteiger partial charge in [0, 0.05) is 12.6 Å². The normalized spacial score (nSPS) is 12.4. The summed E-state index contributed by atoms with van der Waals surface area (Å²) in [5.41, 5.74) is 5.45. The average Bonchev–Trinajstić information content (AvgIpc) is 2.75. The highest BCUT2D eigenvalue weighted by atomic mass is 16.6. The van der Waals surface area contributed by atoms with Crippen LogP contribution < -0.4 is 11.1 Å². The Labute approximate surface area is 111 Å². The molecule has 0 fully saturated rings. The lowest BCUT2D eigenvalue weighted by Gasteiger charge is -2.18. The fraction of sp³-hybridized carbons (Fsp3) is 0.636. The Morgan fingerprint density at radius 3 is 2.79 bits per heavy atom. The Bertz CT molecular complexity index is 443. The summed E-state index contributed by atoms with van der Waals surface area (Å²) in [6.45, 7) is 4.41. The van der Waals surface area contributed by atoms with E-state index in [1.54, 1.807) is 0 Å². The summed E-state index contributed by atoms with van der Waals surface area (Å²) < 4.78 is 1.23. The second-order valence-corrected chi connectivity index (χ2v) is 4.78. The smallest absolute Gasteiger partial charge is 0.307 e. The van der Waals surface area contributed by atoms with Gasteiger partial charge in [-0.05, 0) is 12.3 Å². The highest BCUT2D eigenvalue weighted by Crippen LogP contribution is 2.07. The van der Waals surface area contributed by atoms with Gasteiger partial charge in [-0.25, -0.2) is 0 Å². The molecule has 0 aliphatic heterocycles. The van der Waals surface area contributed by atoms with Gasteiger partial charge >= 0.3 is 5.69 Å². The molecule has 1 amide bonds. The van der Waals surface area contributed by atoms with E-state index in [1.165, 1.54) is 10.9 Å². The molecule has 0 aliphatic rings. The van der Waals surface area contributed by atoms with Gasteiger partial charge in [-0.2, -0.15) is 5.10 Å². The molecule has 106 valence electrons. The number of rotatable bonds is 7. The van der Waals surface area contributed by atoms with Crippen molar-refractivity contribution in [1.29, 1.82) is 0 Å². The molecule has 8 nitrogen and oxygen atoms in total. The van der Waals surface area contributed by atoms with Crippen molar-refractivity contribution in [2.45, 2.75) is 32.9 Å². The van der Waals surface area contributed by atoms with E-state index >= 15 is 0 Å². The molecule has 1 aromatic heterocycles. The summed E-state index contributed by atoms with van der Waals surface area (Å²) in [6.07, 6.45) is 3.13. The Kier molecular flexibility index (Phi) is 5.43. The number of nitrogens with two attached hydrogens (primary N) is 1. The maximum atomic E-state index is 11.7. The number of aromatic nitrogens is 2. The van der Waals surface area contributed by atoms with Crippen LogP contribution in [-0.4, -0.2) is 33.2 Å². The first kappa shape index (κ1) is 15.1. The molecule has 19 heavy (non-hydrogen) atoms. The van der Waals surface area contributed by atoms with Gasteiger partial charge in [-0.15, -0.1) is 0 Å². The fourth-order valence-electron chi connectivity index (χ4n) is 1.74. The van der Waals surface area contributed by atoms with Crippen LogP contribution in [0, 0.1) is 16.0 Å². The average molecular weight is 269 g/mol. The molecule has 0 bridgehead atoms. The minimum absolute atomic E-state index is 0.0531. The van der Waals surface area contributed by atoms with E-state index in [4.69, 9.17) is 5.73 Å². The summed E-state index contributed by atoms with van der Waals surface area (Å²) in [5, 5.41) is 17.0. The van der Waals surface area contributed by atoms with E-state index in [0.29, 0.717) is 12.5 Å². The Hall–Kier alpha value is -1.96. The molecule has 0 saturated carbocycles. The standard InChI is InChI=1S/C11H19N5O3/c1-8(2)3-9(4-12)14-11(17)7-15-6-10(5-13-15)16(18)19/h5-6,8-9H,3-4,7,12H2,1-2H3,(H,14,17). The zero-order valence-electron chi connectivity index (χ0n) is 11.1. The zero-order chi connectivity index (χ0) is 14.4. The van der Waals surface area contributed by atoms with Gasteiger partial charge < -0.3 is 11.1 Å². The Morgan fingerprint density at radius 1 is 1.63 bits per heavy atom. The van der Waals surface area contributed by atoms with Gasteiger partial charge in [0.1, 0.15) is 18.9 Å². The number of carbonyl (C=O) groups is 1. The molecule has 1 heterocycles. The van der Waals surface area contributed by atoms with Crippen molar-refractivity contribution in [1.82, 2.24) is 15.1 Å². The molecule has 0 radical (unpaired) electrons. The summed E-state index contributed by atoms with van der Waals surface area (Å²) in [6, 6.07) is -0.0851. The van der Waals surface area contributed by atoms with E-state index in [9.17, 15) is 14.9 Å². The van der Waals surface area contributed by atoms with Crippen LogP contribution in [0.15, 0.2) is 12.4 Å². The van der Waals surface area contributed by atoms with Crippen LogP contribution in [-0.2, 0) is 11.3 Å². The van der Waals surface area contributed by atoms with Crippen LogP contribution >= 0.6 is 0 Å². The van der Waals surface area contributed by atoms with Crippen molar-refractivity contribution in [3.05, 3.63) is 22.5 Å². The molecule has 8 heteroatoms. The van der Waals surface area contributed by atoms with Gasteiger partial charge in [0.2, 0.25) is 5.91 Å². The number of nitrogens with zero attached hydrogens (tertiary/aromatic N) is 3. The first-order valence-corrected chi connectivity index (χ1v) is 6.08. The first-order chi connectivity index (χ1) is 8.92. The number of nitrogens with one attached hydrogen (secondary N) is 1. The SMILES string of the molecule is CC(C)CC(CN)NC(=O)Cn1cc([N+](=O)[O-])cn1. The van der Waals surface area contributed by atoms with Crippen molar-refractivity contribution >= 4 is 11.6 Å². The molecule has 0 aromatic carbocycles. The third-order valence-corrected chi connectivity index (χ3v) is 2.54. The maximum absolute atomic E-state index is 11.7. The monoisotopic (exact) mass is 269 g/mol. The molecule has 0 aliphatic carbocycles. The van der Waals surface area contributed by atoms with Gasteiger partial charge in [-0.3, -0.25) is 19.6 Å². The third kappa shape index (κ3) is 5.04. The predicted octanol–water partition coefficient (Wildman–Crippen LogP) is 0.281. The fourth-order valence-corrected chi connectivity index (χ4v) is 1.74. The molecule has 0 spiro atoms. The van der Waals surface area contributed by atoms with Crippen molar-refractivity contribution in [3.63, 3.8) is 0 Å². The zero-order valence-corrected chi connectivity index (χ0v) is 11.1. The lowest BCUT2D eigenvalue weighted by molar-refractivity contribution is -0.385. The van der Waals surface area contributed by atoms with Crippen molar-refractivity contribution < 1.29 is 9.72 Å². The number of nitro groups is 1. The Balaban J connectivity index is 2.51. The van der Waals surface area contributed by atoms with E-state index in [0.717, 1.165) is 12.6 Å². The summed E-state index contributed by atoms with van der Waals surface area (Å²) in [4.78, 5) is 21.7. The van der Waals surface area contributed by atoms with E-state index < -0.39 is 4.92 Å². The molecule has 1 atom stereocenters. The van der Waals surface area contributed by atoms with Crippen LogP contribution in [0.5, 0.6) is 0 Å². The van der Waals surface area contributed by atoms with Crippen LogP contribution in [0.3, 0.4) is 0 Å². The number of hydrogen-bond acceptors (Lipinski definition) is 5. The maximum Gasteiger partial charge on any atom is 0.307 e. The van der Waals surface area contributed by atoms with Crippen molar-refractivity contribution in [2.24, 2.45) is 11.7 Å². The van der Waals surface area contributed by atoms with E-state index in [1.807, 2.05) is 13.8 Å².